The Balaban J connectivity index is 1.76. The number of benzene rings is 1. The van der Waals surface area contributed by atoms with Gasteiger partial charge in [-0.1, -0.05) is 26.0 Å². The van der Waals surface area contributed by atoms with Crippen molar-refractivity contribution >= 4 is 11.8 Å². The second-order valence-electron chi connectivity index (χ2n) is 7.52. The summed E-state index contributed by atoms with van der Waals surface area (Å²) in [6.45, 7) is 6.37. The van der Waals surface area contributed by atoms with Crippen LogP contribution in [0.5, 0.6) is 0 Å². The summed E-state index contributed by atoms with van der Waals surface area (Å²) in [5.74, 6) is -0.00829. The molecule has 1 fully saturated rings. The van der Waals surface area contributed by atoms with Gasteiger partial charge in [-0.15, -0.1) is 0 Å². The molecule has 0 unspecified atom stereocenters. The normalized spacial score (nSPS) is 15.6. The summed E-state index contributed by atoms with van der Waals surface area (Å²) in [6.07, 6.45) is 3.44. The van der Waals surface area contributed by atoms with Crippen molar-refractivity contribution in [1.29, 1.82) is 0 Å². The van der Waals surface area contributed by atoms with E-state index in [1.165, 1.54) is 12.1 Å². The molecule has 0 bridgehead atoms. The van der Waals surface area contributed by atoms with Crippen molar-refractivity contribution < 1.29 is 18.7 Å². The summed E-state index contributed by atoms with van der Waals surface area (Å²) in [6, 6.07) is 5.99. The molecule has 0 spiro atoms. The largest absolute Gasteiger partial charge is 0.378 e. The van der Waals surface area contributed by atoms with Crippen LogP contribution in [0.25, 0.3) is 0 Å². The third kappa shape index (κ3) is 7.67. The van der Waals surface area contributed by atoms with E-state index in [0.29, 0.717) is 45.1 Å². The number of halogens is 1. The lowest BCUT2D eigenvalue weighted by Crippen LogP contribution is -2.52. The number of rotatable bonds is 9. The van der Waals surface area contributed by atoms with Gasteiger partial charge in [0, 0.05) is 19.5 Å². The fraction of sp³-hybridized carbons (Fsp3) is 0.619. The molecule has 1 atom stereocenters. The quantitative estimate of drug-likeness (QED) is 0.672. The summed E-state index contributed by atoms with van der Waals surface area (Å²) >= 11 is 0. The molecule has 2 amide bonds. The van der Waals surface area contributed by atoms with E-state index in [4.69, 9.17) is 4.74 Å². The molecule has 1 aliphatic rings. The first-order valence-electron chi connectivity index (χ1n) is 9.86. The van der Waals surface area contributed by atoms with Crippen LogP contribution in [0.4, 0.5) is 4.39 Å². The van der Waals surface area contributed by atoms with Gasteiger partial charge in [-0.25, -0.2) is 4.39 Å². The number of carbonyl (C=O) groups excluding carboxylic acids is 2. The number of nitrogens with one attached hydrogen (secondary N) is 1. The number of ether oxygens (including phenoxy) is 1. The van der Waals surface area contributed by atoms with E-state index in [0.717, 1.165) is 24.8 Å². The fourth-order valence-corrected chi connectivity index (χ4v) is 3.23. The number of morpholine rings is 1. The topological polar surface area (TPSA) is 58.6 Å². The second kappa shape index (κ2) is 11.0. The van der Waals surface area contributed by atoms with E-state index < -0.39 is 6.04 Å². The van der Waals surface area contributed by atoms with Gasteiger partial charge < -0.3 is 15.0 Å². The van der Waals surface area contributed by atoms with Crippen LogP contribution in [-0.4, -0.2) is 49.1 Å². The molecule has 1 heterocycles. The van der Waals surface area contributed by atoms with E-state index >= 15 is 0 Å². The Labute approximate surface area is 161 Å². The third-order valence-corrected chi connectivity index (χ3v) is 4.70. The molecule has 1 saturated heterocycles. The highest BCUT2D eigenvalue weighted by molar-refractivity contribution is 5.87. The Morgan fingerprint density at radius 1 is 1.15 bits per heavy atom. The molecule has 1 aromatic rings. The van der Waals surface area contributed by atoms with E-state index in [2.05, 4.69) is 19.2 Å². The molecule has 1 aromatic carbocycles. The van der Waals surface area contributed by atoms with Crippen LogP contribution < -0.4 is 5.32 Å². The van der Waals surface area contributed by atoms with Crippen molar-refractivity contribution in [3.05, 3.63) is 35.6 Å². The Morgan fingerprint density at radius 3 is 2.44 bits per heavy atom. The van der Waals surface area contributed by atoms with Gasteiger partial charge in [0.1, 0.15) is 11.9 Å². The highest BCUT2D eigenvalue weighted by Gasteiger charge is 2.27. The first-order valence-corrected chi connectivity index (χ1v) is 9.86. The minimum Gasteiger partial charge on any atom is -0.378 e. The van der Waals surface area contributed by atoms with E-state index in [9.17, 15) is 14.0 Å². The van der Waals surface area contributed by atoms with E-state index in [1.54, 1.807) is 17.0 Å². The minimum atomic E-state index is -0.465. The molecule has 0 radical (unpaired) electrons. The van der Waals surface area contributed by atoms with Crippen LogP contribution in [0, 0.1) is 11.7 Å². The lowest BCUT2D eigenvalue weighted by atomic mass is 10.0. The molecule has 150 valence electrons. The van der Waals surface area contributed by atoms with Gasteiger partial charge in [-0.05, 0) is 49.3 Å². The zero-order chi connectivity index (χ0) is 19.6. The highest BCUT2D eigenvalue weighted by Crippen LogP contribution is 2.12. The maximum atomic E-state index is 12.9. The molecule has 27 heavy (non-hydrogen) atoms. The van der Waals surface area contributed by atoms with Crippen molar-refractivity contribution in [2.45, 2.75) is 52.0 Å². The van der Waals surface area contributed by atoms with Crippen molar-refractivity contribution in [2.24, 2.45) is 5.92 Å². The Hall–Kier alpha value is -1.95. The number of amides is 2. The van der Waals surface area contributed by atoms with Gasteiger partial charge in [-0.3, -0.25) is 9.59 Å². The van der Waals surface area contributed by atoms with Gasteiger partial charge in [0.05, 0.1) is 13.2 Å². The van der Waals surface area contributed by atoms with Crippen molar-refractivity contribution in [1.82, 2.24) is 10.2 Å². The van der Waals surface area contributed by atoms with Crippen LogP contribution in [0.2, 0.25) is 0 Å². The molecular weight excluding hydrogens is 347 g/mol. The number of aryl methyl sites for hydroxylation is 1. The van der Waals surface area contributed by atoms with Gasteiger partial charge in [-0.2, -0.15) is 0 Å². The lowest BCUT2D eigenvalue weighted by molar-refractivity contribution is -0.140. The molecular formula is C21H31FN2O3. The predicted octanol–water partition coefficient (Wildman–Crippen LogP) is 2.93. The summed E-state index contributed by atoms with van der Waals surface area (Å²) < 4.78 is 18.2. The zero-order valence-electron chi connectivity index (χ0n) is 16.4. The smallest absolute Gasteiger partial charge is 0.245 e. The molecule has 5 nitrogen and oxygen atoms in total. The SMILES string of the molecule is CC(C)C[C@@H](NC(=O)CCCCc1ccc(F)cc1)C(=O)N1CCOCC1. The van der Waals surface area contributed by atoms with Crippen molar-refractivity contribution in [3.63, 3.8) is 0 Å². The van der Waals surface area contributed by atoms with Crippen LogP contribution >= 0.6 is 0 Å². The van der Waals surface area contributed by atoms with Crippen LogP contribution in [-0.2, 0) is 20.7 Å². The molecule has 0 saturated carbocycles. The predicted molar refractivity (Wildman–Crippen MR) is 103 cm³/mol. The van der Waals surface area contributed by atoms with Crippen molar-refractivity contribution in [3.8, 4) is 0 Å². The van der Waals surface area contributed by atoms with Crippen LogP contribution in [0.1, 0.15) is 45.1 Å². The molecule has 0 aromatic heterocycles. The maximum absolute atomic E-state index is 12.9. The first kappa shape index (κ1) is 21.4. The Morgan fingerprint density at radius 2 is 1.81 bits per heavy atom. The molecule has 1 aliphatic heterocycles. The van der Waals surface area contributed by atoms with Gasteiger partial charge >= 0.3 is 0 Å². The van der Waals surface area contributed by atoms with Crippen LogP contribution in [0.3, 0.4) is 0 Å². The second-order valence-corrected chi connectivity index (χ2v) is 7.52. The number of nitrogens with zero attached hydrogens (tertiary/aromatic N) is 1. The molecule has 2 rings (SSSR count). The average molecular weight is 378 g/mol. The fourth-order valence-electron chi connectivity index (χ4n) is 3.23. The summed E-state index contributed by atoms with van der Waals surface area (Å²) in [7, 11) is 0. The van der Waals surface area contributed by atoms with E-state index in [-0.39, 0.29) is 17.6 Å². The summed E-state index contributed by atoms with van der Waals surface area (Å²) in [4.78, 5) is 26.8. The third-order valence-electron chi connectivity index (χ3n) is 4.70. The lowest BCUT2D eigenvalue weighted by Gasteiger charge is -2.31. The summed E-state index contributed by atoms with van der Waals surface area (Å²) in [5.41, 5.74) is 1.07. The average Bonchev–Trinajstić information content (AvgIpc) is 2.66. The number of unbranched alkanes of at least 4 members (excludes halogenated alkanes) is 1. The van der Waals surface area contributed by atoms with Crippen LogP contribution in [0.15, 0.2) is 24.3 Å². The number of carbonyl (C=O) groups is 2. The summed E-state index contributed by atoms with van der Waals surface area (Å²) in [5, 5.41) is 2.93. The molecule has 0 aliphatic carbocycles. The van der Waals surface area contributed by atoms with Gasteiger partial charge in [0.15, 0.2) is 0 Å². The van der Waals surface area contributed by atoms with E-state index in [1.807, 2.05) is 0 Å². The van der Waals surface area contributed by atoms with Crippen molar-refractivity contribution in [2.75, 3.05) is 26.3 Å². The zero-order valence-corrected chi connectivity index (χ0v) is 16.4. The van der Waals surface area contributed by atoms with Gasteiger partial charge in [0.2, 0.25) is 11.8 Å². The molecule has 6 heteroatoms. The first-order chi connectivity index (χ1) is 13.0. The van der Waals surface area contributed by atoms with Gasteiger partial charge in [0.25, 0.3) is 0 Å². The minimum absolute atomic E-state index is 0.00772. The molecule has 1 N–H and O–H groups in total. The number of hydrogen-bond donors (Lipinski definition) is 1. The Bertz CT molecular complexity index is 598. The standard InChI is InChI=1S/C21H31FN2O3/c1-16(2)15-19(21(26)24-11-13-27-14-12-24)23-20(25)6-4-3-5-17-7-9-18(22)10-8-17/h7-10,16,19H,3-6,11-15H2,1-2H3,(H,23,25)/t19-/m1/s1. The highest BCUT2D eigenvalue weighted by atomic mass is 19.1. The maximum Gasteiger partial charge on any atom is 0.245 e. The monoisotopic (exact) mass is 378 g/mol. The number of hydrogen-bond acceptors (Lipinski definition) is 3. The Kier molecular flexibility index (Phi) is 8.72.